The highest BCUT2D eigenvalue weighted by atomic mass is 32.2. The maximum atomic E-state index is 12.2. The summed E-state index contributed by atoms with van der Waals surface area (Å²) in [5.74, 6) is 0.588. The average Bonchev–Trinajstić information content (AvgIpc) is 3.55. The Balaban J connectivity index is 1.51. The predicted molar refractivity (Wildman–Crippen MR) is 114 cm³/mol. The molecule has 0 radical (unpaired) electrons. The number of aliphatic imine (C=N–C) groups is 1. The Labute approximate surface area is 172 Å². The molecule has 0 aromatic heterocycles. The van der Waals surface area contributed by atoms with Crippen molar-refractivity contribution in [3.8, 4) is 0 Å². The molecule has 0 spiro atoms. The molecule has 1 aliphatic carbocycles. The first-order valence-electron chi connectivity index (χ1n) is 9.73. The normalized spacial score (nSPS) is 15.7. The smallest absolute Gasteiger partial charge is 0.240 e. The second-order valence-electron chi connectivity index (χ2n) is 7.14. The van der Waals surface area contributed by atoms with Crippen LogP contribution in [0.1, 0.15) is 29.9 Å². The molecule has 1 unspecified atom stereocenters. The van der Waals surface area contributed by atoms with Crippen LogP contribution in [0.25, 0.3) is 0 Å². The van der Waals surface area contributed by atoms with E-state index in [1.807, 2.05) is 30.3 Å². The van der Waals surface area contributed by atoms with Gasteiger partial charge in [-0.15, -0.1) is 0 Å². The highest BCUT2D eigenvalue weighted by Crippen LogP contribution is 2.22. The highest BCUT2D eigenvalue weighted by molar-refractivity contribution is 7.89. The van der Waals surface area contributed by atoms with Gasteiger partial charge in [0.25, 0.3) is 0 Å². The SMILES string of the molecule is CN=C(NCc1ccc(S(=O)(=O)NC2CC2)cc1)NCC(CO)c1ccccc1. The molecule has 4 N–H and O–H groups in total. The van der Waals surface area contributed by atoms with Gasteiger partial charge in [0.1, 0.15) is 0 Å². The van der Waals surface area contributed by atoms with Crippen LogP contribution in [0.2, 0.25) is 0 Å². The van der Waals surface area contributed by atoms with Gasteiger partial charge in [0.05, 0.1) is 11.5 Å². The zero-order valence-electron chi connectivity index (χ0n) is 16.5. The summed E-state index contributed by atoms with van der Waals surface area (Å²) in [6.45, 7) is 1.09. The monoisotopic (exact) mass is 416 g/mol. The second-order valence-corrected chi connectivity index (χ2v) is 8.85. The van der Waals surface area contributed by atoms with Crippen molar-refractivity contribution in [2.75, 3.05) is 20.2 Å². The number of hydrogen-bond acceptors (Lipinski definition) is 4. The fourth-order valence-corrected chi connectivity index (χ4v) is 4.22. The third-order valence-corrected chi connectivity index (χ3v) is 6.36. The maximum Gasteiger partial charge on any atom is 0.240 e. The first-order chi connectivity index (χ1) is 14.0. The Morgan fingerprint density at radius 2 is 1.79 bits per heavy atom. The highest BCUT2D eigenvalue weighted by Gasteiger charge is 2.27. The van der Waals surface area contributed by atoms with E-state index in [9.17, 15) is 13.5 Å². The fourth-order valence-electron chi connectivity index (χ4n) is 2.91. The van der Waals surface area contributed by atoms with E-state index in [0.717, 1.165) is 24.0 Å². The average molecular weight is 417 g/mol. The molecule has 1 atom stereocenters. The van der Waals surface area contributed by atoms with Gasteiger partial charge in [-0.3, -0.25) is 4.99 Å². The van der Waals surface area contributed by atoms with Gasteiger partial charge in [0.2, 0.25) is 10.0 Å². The molecule has 1 aliphatic rings. The Morgan fingerprint density at radius 1 is 1.10 bits per heavy atom. The molecule has 0 amide bonds. The largest absolute Gasteiger partial charge is 0.396 e. The predicted octanol–water partition coefficient (Wildman–Crippen LogP) is 1.57. The van der Waals surface area contributed by atoms with E-state index >= 15 is 0 Å². The van der Waals surface area contributed by atoms with Gasteiger partial charge in [0, 0.05) is 32.1 Å². The first-order valence-corrected chi connectivity index (χ1v) is 11.2. The summed E-state index contributed by atoms with van der Waals surface area (Å²) in [4.78, 5) is 4.49. The lowest BCUT2D eigenvalue weighted by atomic mass is 10.0. The summed E-state index contributed by atoms with van der Waals surface area (Å²) < 4.78 is 27.1. The topological polar surface area (TPSA) is 103 Å². The molecule has 8 heteroatoms. The zero-order valence-corrected chi connectivity index (χ0v) is 17.3. The number of sulfonamides is 1. The molecule has 0 saturated heterocycles. The van der Waals surface area contributed by atoms with Crippen LogP contribution >= 0.6 is 0 Å². The molecule has 1 fully saturated rings. The van der Waals surface area contributed by atoms with Gasteiger partial charge in [-0.2, -0.15) is 0 Å². The minimum Gasteiger partial charge on any atom is -0.396 e. The number of aliphatic hydroxyl groups is 1. The molecule has 3 rings (SSSR count). The molecular weight excluding hydrogens is 388 g/mol. The lowest BCUT2D eigenvalue weighted by Crippen LogP contribution is -2.39. The summed E-state index contributed by atoms with van der Waals surface area (Å²) in [6, 6.07) is 16.8. The number of nitrogens with zero attached hydrogens (tertiary/aromatic N) is 1. The van der Waals surface area contributed by atoms with E-state index < -0.39 is 10.0 Å². The number of rotatable bonds is 9. The standard InChI is InChI=1S/C21H28N4O3S/c1-22-21(24-14-18(15-26)17-5-3-2-4-6-17)23-13-16-7-11-20(12-8-16)29(27,28)25-19-9-10-19/h2-8,11-12,18-19,25-26H,9-10,13-15H2,1H3,(H2,22,23,24). The van der Waals surface area contributed by atoms with E-state index in [4.69, 9.17) is 0 Å². The fraction of sp³-hybridized carbons (Fsp3) is 0.381. The van der Waals surface area contributed by atoms with Crippen LogP contribution < -0.4 is 15.4 Å². The van der Waals surface area contributed by atoms with Crippen molar-refractivity contribution in [2.45, 2.75) is 36.2 Å². The van der Waals surface area contributed by atoms with Crippen LogP contribution in [0.5, 0.6) is 0 Å². The zero-order chi connectivity index (χ0) is 20.7. The second kappa shape index (κ2) is 9.87. The number of nitrogens with one attached hydrogen (secondary N) is 3. The lowest BCUT2D eigenvalue weighted by molar-refractivity contribution is 0.265. The molecule has 0 bridgehead atoms. The molecule has 2 aromatic carbocycles. The summed E-state index contributed by atoms with van der Waals surface area (Å²) in [5.41, 5.74) is 2.01. The summed E-state index contributed by atoms with van der Waals surface area (Å²) in [7, 11) is -1.74. The van der Waals surface area contributed by atoms with Crippen molar-refractivity contribution in [1.29, 1.82) is 0 Å². The van der Waals surface area contributed by atoms with Crippen LogP contribution in [0.3, 0.4) is 0 Å². The van der Waals surface area contributed by atoms with Crippen molar-refractivity contribution in [3.63, 3.8) is 0 Å². The Morgan fingerprint density at radius 3 is 2.38 bits per heavy atom. The molecule has 0 heterocycles. The van der Waals surface area contributed by atoms with Gasteiger partial charge in [-0.1, -0.05) is 42.5 Å². The van der Waals surface area contributed by atoms with Crippen LogP contribution in [0.4, 0.5) is 0 Å². The van der Waals surface area contributed by atoms with Gasteiger partial charge < -0.3 is 15.7 Å². The van der Waals surface area contributed by atoms with Gasteiger partial charge in [-0.25, -0.2) is 13.1 Å². The Hall–Kier alpha value is -2.42. The van der Waals surface area contributed by atoms with Crippen LogP contribution in [-0.4, -0.2) is 45.7 Å². The van der Waals surface area contributed by atoms with E-state index in [-0.39, 0.29) is 23.5 Å². The van der Waals surface area contributed by atoms with E-state index in [1.165, 1.54) is 0 Å². The quantitative estimate of drug-likeness (QED) is 0.367. The molecule has 0 aliphatic heterocycles. The summed E-state index contributed by atoms with van der Waals surface area (Å²) in [5, 5.41) is 16.1. The van der Waals surface area contributed by atoms with E-state index in [2.05, 4.69) is 20.3 Å². The minimum atomic E-state index is -3.43. The van der Waals surface area contributed by atoms with Crippen molar-refractivity contribution in [2.24, 2.45) is 4.99 Å². The summed E-state index contributed by atoms with van der Waals surface area (Å²) in [6.07, 6.45) is 1.82. The van der Waals surface area contributed by atoms with Gasteiger partial charge >= 0.3 is 0 Å². The number of hydrogen-bond donors (Lipinski definition) is 4. The molecule has 2 aromatic rings. The van der Waals surface area contributed by atoms with Crippen molar-refractivity contribution in [1.82, 2.24) is 15.4 Å². The van der Waals surface area contributed by atoms with Crippen LogP contribution in [-0.2, 0) is 16.6 Å². The van der Waals surface area contributed by atoms with Crippen LogP contribution in [0, 0.1) is 0 Å². The first kappa shape index (κ1) is 21.3. The third-order valence-electron chi connectivity index (χ3n) is 4.82. The number of aliphatic hydroxyl groups excluding tert-OH is 1. The molecule has 7 nitrogen and oxygen atoms in total. The lowest BCUT2D eigenvalue weighted by Gasteiger charge is -2.18. The van der Waals surface area contributed by atoms with Crippen LogP contribution in [0.15, 0.2) is 64.5 Å². The van der Waals surface area contributed by atoms with Gasteiger partial charge in [0.15, 0.2) is 5.96 Å². The maximum absolute atomic E-state index is 12.2. The number of benzene rings is 2. The van der Waals surface area contributed by atoms with Gasteiger partial charge in [-0.05, 0) is 36.1 Å². The molecular formula is C21H28N4O3S. The van der Waals surface area contributed by atoms with E-state index in [0.29, 0.717) is 19.0 Å². The van der Waals surface area contributed by atoms with Crippen molar-refractivity contribution in [3.05, 3.63) is 65.7 Å². The summed E-state index contributed by atoms with van der Waals surface area (Å²) >= 11 is 0. The Kier molecular flexibility index (Phi) is 7.24. The van der Waals surface area contributed by atoms with E-state index in [1.54, 1.807) is 31.3 Å². The van der Waals surface area contributed by atoms with Crippen molar-refractivity contribution < 1.29 is 13.5 Å². The number of guanidine groups is 1. The molecule has 1 saturated carbocycles. The Bertz CT molecular complexity index is 911. The minimum absolute atomic E-state index is 0.0294. The molecule has 29 heavy (non-hydrogen) atoms. The van der Waals surface area contributed by atoms with Crippen molar-refractivity contribution >= 4 is 16.0 Å². The molecule has 156 valence electrons. The third kappa shape index (κ3) is 6.28.